The van der Waals surface area contributed by atoms with Crippen LogP contribution in [0, 0.1) is 0 Å². The van der Waals surface area contributed by atoms with Crippen LogP contribution in [0.4, 0.5) is 5.69 Å². The number of amidine groups is 1. The van der Waals surface area contributed by atoms with Crippen molar-refractivity contribution in [3.05, 3.63) is 63.6 Å². The van der Waals surface area contributed by atoms with Gasteiger partial charge in [-0.15, -0.1) is 0 Å². The highest BCUT2D eigenvalue weighted by Gasteiger charge is 2.49. The van der Waals surface area contributed by atoms with Gasteiger partial charge in [-0.05, 0) is 48.5 Å². The van der Waals surface area contributed by atoms with Gasteiger partial charge >= 0.3 is 0 Å². The zero-order valence-corrected chi connectivity index (χ0v) is 17.9. The molecule has 0 aromatic heterocycles. The van der Waals surface area contributed by atoms with Crippen LogP contribution in [0.25, 0.3) is 0 Å². The summed E-state index contributed by atoms with van der Waals surface area (Å²) >= 11 is 10.7. The van der Waals surface area contributed by atoms with Crippen LogP contribution in [0.15, 0.2) is 58.0 Å². The van der Waals surface area contributed by atoms with E-state index in [4.69, 9.17) is 11.6 Å². The fourth-order valence-corrected chi connectivity index (χ4v) is 7.51. The zero-order chi connectivity index (χ0) is 19.2. The van der Waals surface area contributed by atoms with Crippen molar-refractivity contribution >= 4 is 65.9 Å². The number of amides is 1. The molecule has 0 unspecified atom stereocenters. The highest BCUT2D eigenvalue weighted by atomic mass is 79.9. The Balaban J connectivity index is 1.71. The summed E-state index contributed by atoms with van der Waals surface area (Å²) in [6, 6.07) is 13.9. The van der Waals surface area contributed by atoms with Gasteiger partial charge in [0.1, 0.15) is 0 Å². The summed E-state index contributed by atoms with van der Waals surface area (Å²) in [7, 11) is -3.10. The highest BCUT2D eigenvalue weighted by molar-refractivity contribution is 9.10. The van der Waals surface area contributed by atoms with Gasteiger partial charge in [0.25, 0.3) is 5.91 Å². The fraction of sp³-hybridized carbons (Fsp3) is 0.222. The van der Waals surface area contributed by atoms with Crippen LogP contribution in [0.5, 0.6) is 0 Å². The van der Waals surface area contributed by atoms with Crippen LogP contribution in [0.1, 0.15) is 10.4 Å². The predicted octanol–water partition coefficient (Wildman–Crippen LogP) is 4.02. The maximum atomic E-state index is 12.6. The van der Waals surface area contributed by atoms with Gasteiger partial charge < -0.3 is 4.90 Å². The number of halogens is 2. The van der Waals surface area contributed by atoms with Crippen molar-refractivity contribution in [1.29, 1.82) is 0 Å². The van der Waals surface area contributed by atoms with Crippen LogP contribution in [0.3, 0.4) is 0 Å². The van der Waals surface area contributed by atoms with Crippen LogP contribution in [-0.4, -0.2) is 42.3 Å². The minimum atomic E-state index is -3.10. The SMILES string of the molecule is O=C(N=C1S[C@H]2CS(=O)(=O)C[C@H]2N1c1ccc(Cl)cc1)c1ccc(Br)cc1. The monoisotopic (exact) mass is 484 g/mol. The number of hydrogen-bond donors (Lipinski definition) is 0. The molecule has 9 heteroatoms. The van der Waals surface area contributed by atoms with Crippen molar-refractivity contribution in [3.8, 4) is 0 Å². The number of carbonyl (C=O) groups is 1. The summed E-state index contributed by atoms with van der Waals surface area (Å²) in [5.74, 6) is -0.205. The van der Waals surface area contributed by atoms with Crippen molar-refractivity contribution in [2.45, 2.75) is 11.3 Å². The molecular formula is C18H14BrClN2O3S2. The molecule has 2 atom stereocenters. The van der Waals surface area contributed by atoms with E-state index in [1.54, 1.807) is 36.4 Å². The summed E-state index contributed by atoms with van der Waals surface area (Å²) in [4.78, 5) is 18.8. The molecule has 2 heterocycles. The lowest BCUT2D eigenvalue weighted by atomic mass is 10.2. The number of aliphatic imine (C=N–C) groups is 1. The molecule has 0 N–H and O–H groups in total. The summed E-state index contributed by atoms with van der Waals surface area (Å²) in [6.45, 7) is 0. The van der Waals surface area contributed by atoms with E-state index in [1.807, 2.05) is 17.0 Å². The van der Waals surface area contributed by atoms with Gasteiger partial charge in [0.05, 0.1) is 17.5 Å². The average Bonchev–Trinajstić information content (AvgIpc) is 3.07. The van der Waals surface area contributed by atoms with E-state index in [0.717, 1.165) is 10.2 Å². The lowest BCUT2D eigenvalue weighted by Crippen LogP contribution is -2.37. The average molecular weight is 486 g/mol. The van der Waals surface area contributed by atoms with E-state index in [-0.39, 0.29) is 28.7 Å². The van der Waals surface area contributed by atoms with Crippen molar-refractivity contribution in [1.82, 2.24) is 0 Å². The molecule has 27 heavy (non-hydrogen) atoms. The first-order chi connectivity index (χ1) is 12.8. The largest absolute Gasteiger partial charge is 0.316 e. The molecule has 2 aromatic carbocycles. The van der Waals surface area contributed by atoms with E-state index >= 15 is 0 Å². The second-order valence-corrected chi connectivity index (χ2v) is 11.1. The van der Waals surface area contributed by atoms with Crippen LogP contribution < -0.4 is 4.90 Å². The third-order valence-electron chi connectivity index (χ3n) is 4.46. The lowest BCUT2D eigenvalue weighted by Gasteiger charge is -2.24. The van der Waals surface area contributed by atoms with Gasteiger partial charge in [0.2, 0.25) is 0 Å². The number of benzene rings is 2. The molecule has 0 saturated carbocycles. The predicted molar refractivity (Wildman–Crippen MR) is 114 cm³/mol. The van der Waals surface area contributed by atoms with E-state index in [1.165, 1.54) is 11.8 Å². The van der Waals surface area contributed by atoms with Crippen LogP contribution >= 0.6 is 39.3 Å². The standard InChI is InChI=1S/C18H14BrClN2O3S2/c19-12-3-1-11(2-4-12)17(23)21-18-22(14-7-5-13(20)6-8-14)15-9-27(24,25)10-16(15)26-18/h1-8,15-16H,9-10H2/t15-,16+/m1/s1. The quantitative estimate of drug-likeness (QED) is 0.643. The summed E-state index contributed by atoms with van der Waals surface area (Å²) < 4.78 is 25.0. The fourth-order valence-electron chi connectivity index (χ4n) is 3.21. The Labute approximate surface area is 174 Å². The van der Waals surface area contributed by atoms with Gasteiger partial charge in [0.15, 0.2) is 15.0 Å². The van der Waals surface area contributed by atoms with E-state index < -0.39 is 9.84 Å². The van der Waals surface area contributed by atoms with E-state index in [0.29, 0.717) is 15.8 Å². The minimum Gasteiger partial charge on any atom is -0.316 e. The zero-order valence-electron chi connectivity index (χ0n) is 13.9. The van der Waals surface area contributed by atoms with E-state index in [2.05, 4.69) is 20.9 Å². The first-order valence-corrected chi connectivity index (χ1v) is 12.0. The molecule has 2 aliphatic rings. The molecule has 140 valence electrons. The van der Waals surface area contributed by atoms with Gasteiger partial charge in [-0.3, -0.25) is 4.79 Å². The third kappa shape index (κ3) is 3.94. The molecule has 2 saturated heterocycles. The van der Waals surface area contributed by atoms with Crippen LogP contribution in [0.2, 0.25) is 5.02 Å². The summed E-state index contributed by atoms with van der Waals surface area (Å²) in [5.41, 5.74) is 1.26. The molecule has 2 fully saturated rings. The molecule has 5 nitrogen and oxygen atoms in total. The van der Waals surface area contributed by atoms with Crippen molar-refractivity contribution in [3.63, 3.8) is 0 Å². The Bertz CT molecular complexity index is 1020. The van der Waals surface area contributed by atoms with E-state index in [9.17, 15) is 13.2 Å². The van der Waals surface area contributed by atoms with Gasteiger partial charge in [-0.25, -0.2) is 8.42 Å². The molecule has 2 aromatic rings. The Kier molecular flexibility index (Phi) is 5.09. The number of hydrogen-bond acceptors (Lipinski definition) is 4. The molecule has 1 amide bonds. The van der Waals surface area contributed by atoms with Crippen LogP contribution in [-0.2, 0) is 9.84 Å². The molecule has 0 aliphatic carbocycles. The third-order valence-corrected chi connectivity index (χ3v) is 8.45. The smallest absolute Gasteiger partial charge is 0.279 e. The number of nitrogens with zero attached hydrogens (tertiary/aromatic N) is 2. The number of sulfone groups is 1. The van der Waals surface area contributed by atoms with Gasteiger partial charge in [0, 0.05) is 26.0 Å². The molecular weight excluding hydrogens is 472 g/mol. The second-order valence-electron chi connectivity index (χ2n) is 6.35. The normalized spacial score (nSPS) is 25.0. The first kappa shape index (κ1) is 19.0. The maximum Gasteiger partial charge on any atom is 0.279 e. The Morgan fingerprint density at radius 3 is 2.44 bits per heavy atom. The number of thioether (sulfide) groups is 1. The molecule has 0 spiro atoms. The Hall–Kier alpha value is -1.35. The van der Waals surface area contributed by atoms with Crippen molar-refractivity contribution in [2.75, 3.05) is 16.4 Å². The highest BCUT2D eigenvalue weighted by Crippen LogP contribution is 2.41. The topological polar surface area (TPSA) is 66.8 Å². The Morgan fingerprint density at radius 1 is 1.11 bits per heavy atom. The second kappa shape index (κ2) is 7.24. The van der Waals surface area contributed by atoms with Gasteiger partial charge in [-0.1, -0.05) is 39.3 Å². The summed E-state index contributed by atoms with van der Waals surface area (Å²) in [6.07, 6.45) is 0. The number of rotatable bonds is 2. The molecule has 0 bridgehead atoms. The van der Waals surface area contributed by atoms with Gasteiger partial charge in [-0.2, -0.15) is 4.99 Å². The summed E-state index contributed by atoms with van der Waals surface area (Å²) in [5, 5.41) is 0.975. The number of anilines is 1. The maximum absolute atomic E-state index is 12.6. The Morgan fingerprint density at radius 2 is 1.78 bits per heavy atom. The van der Waals surface area contributed by atoms with Crippen molar-refractivity contribution in [2.24, 2.45) is 4.99 Å². The molecule has 2 aliphatic heterocycles. The molecule has 0 radical (unpaired) electrons. The minimum absolute atomic E-state index is 0.0544. The lowest BCUT2D eigenvalue weighted by molar-refractivity contribution is 0.100. The molecule has 4 rings (SSSR count). The number of fused-ring (bicyclic) bond motifs is 1. The van der Waals surface area contributed by atoms with Crippen molar-refractivity contribution < 1.29 is 13.2 Å². The number of carbonyl (C=O) groups excluding carboxylic acids is 1. The first-order valence-electron chi connectivity index (χ1n) is 8.13.